The molecule has 0 saturated carbocycles. The van der Waals surface area contributed by atoms with E-state index in [0.717, 1.165) is 25.9 Å². The van der Waals surface area contributed by atoms with Crippen molar-refractivity contribution in [1.82, 2.24) is 9.88 Å². The molecule has 2 heterocycles. The Hall–Kier alpha value is -1.93. The number of anilines is 2. The van der Waals surface area contributed by atoms with Crippen LogP contribution in [-0.4, -0.2) is 41.5 Å². The predicted molar refractivity (Wildman–Crippen MR) is 77.4 cm³/mol. The number of nitrogen functional groups attached to an aromatic ring is 1. The van der Waals surface area contributed by atoms with Crippen LogP contribution in [0.4, 0.5) is 17.3 Å². The smallest absolute Gasteiger partial charge is 0.311 e. The van der Waals surface area contributed by atoms with E-state index in [9.17, 15) is 10.1 Å². The lowest BCUT2D eigenvalue weighted by Crippen LogP contribution is -2.35. The summed E-state index contributed by atoms with van der Waals surface area (Å²) in [4.78, 5) is 16.9. The summed E-state index contributed by atoms with van der Waals surface area (Å²) in [5.74, 6) is 6.43. The summed E-state index contributed by atoms with van der Waals surface area (Å²) in [5, 5.41) is 14.1. The van der Waals surface area contributed by atoms with Gasteiger partial charge in [-0.3, -0.25) is 10.1 Å². The van der Waals surface area contributed by atoms with Gasteiger partial charge in [0.1, 0.15) is 5.82 Å². The number of rotatable bonds is 5. The molecule has 1 aliphatic heterocycles. The van der Waals surface area contributed by atoms with Crippen LogP contribution in [0.25, 0.3) is 0 Å². The fourth-order valence-electron chi connectivity index (χ4n) is 2.49. The second kappa shape index (κ2) is 6.49. The summed E-state index contributed by atoms with van der Waals surface area (Å²) >= 11 is 0. The number of pyridine rings is 1. The van der Waals surface area contributed by atoms with Crippen LogP contribution < -0.4 is 16.6 Å². The molecule has 0 bridgehead atoms. The van der Waals surface area contributed by atoms with Crippen LogP contribution in [-0.2, 0) is 0 Å². The van der Waals surface area contributed by atoms with E-state index < -0.39 is 4.92 Å². The minimum atomic E-state index is -0.442. The Kier molecular flexibility index (Phi) is 4.70. The second-order valence-corrected chi connectivity index (χ2v) is 5.12. The van der Waals surface area contributed by atoms with Crippen molar-refractivity contribution in [2.45, 2.75) is 12.8 Å². The third-order valence-corrected chi connectivity index (χ3v) is 3.50. The van der Waals surface area contributed by atoms with Crippen molar-refractivity contribution in [3.63, 3.8) is 0 Å². The van der Waals surface area contributed by atoms with Crippen molar-refractivity contribution in [2.75, 3.05) is 37.4 Å². The number of hydrazine groups is 1. The number of nitrogens with one attached hydrogen (secondary N) is 2. The first-order valence-electron chi connectivity index (χ1n) is 6.64. The lowest BCUT2D eigenvalue weighted by atomic mass is 9.98. The van der Waals surface area contributed by atoms with Gasteiger partial charge in [0.15, 0.2) is 0 Å². The van der Waals surface area contributed by atoms with E-state index >= 15 is 0 Å². The SMILES string of the molecule is CN1CCCC(CNc2nc(NN)ccc2[N+](=O)[O-])C1. The lowest BCUT2D eigenvalue weighted by Gasteiger charge is -2.29. The molecule has 1 aliphatic rings. The minimum absolute atomic E-state index is 0.0341. The van der Waals surface area contributed by atoms with Crippen molar-refractivity contribution < 1.29 is 4.92 Å². The van der Waals surface area contributed by atoms with E-state index in [0.29, 0.717) is 18.3 Å². The Labute approximate surface area is 117 Å². The molecule has 1 aromatic rings. The van der Waals surface area contributed by atoms with Gasteiger partial charge in [-0.2, -0.15) is 0 Å². The molecule has 20 heavy (non-hydrogen) atoms. The van der Waals surface area contributed by atoms with Gasteiger partial charge in [0.05, 0.1) is 4.92 Å². The van der Waals surface area contributed by atoms with Crippen LogP contribution in [0.5, 0.6) is 0 Å². The molecule has 0 amide bonds. The zero-order chi connectivity index (χ0) is 14.5. The summed E-state index contributed by atoms with van der Waals surface area (Å²) in [6, 6.07) is 2.88. The molecule has 1 fully saturated rings. The van der Waals surface area contributed by atoms with E-state index in [1.54, 1.807) is 0 Å². The third kappa shape index (κ3) is 3.55. The quantitative estimate of drug-likeness (QED) is 0.420. The number of nitrogens with zero attached hydrogens (tertiary/aromatic N) is 3. The van der Waals surface area contributed by atoms with Crippen molar-refractivity contribution in [3.05, 3.63) is 22.2 Å². The monoisotopic (exact) mass is 280 g/mol. The third-order valence-electron chi connectivity index (χ3n) is 3.50. The van der Waals surface area contributed by atoms with Crippen molar-refractivity contribution >= 4 is 17.3 Å². The fourth-order valence-corrected chi connectivity index (χ4v) is 2.49. The van der Waals surface area contributed by atoms with E-state index in [1.165, 1.54) is 12.1 Å². The lowest BCUT2D eigenvalue weighted by molar-refractivity contribution is -0.384. The maximum Gasteiger partial charge on any atom is 0.311 e. The molecule has 1 saturated heterocycles. The van der Waals surface area contributed by atoms with Crippen LogP contribution >= 0.6 is 0 Å². The Morgan fingerprint density at radius 2 is 2.40 bits per heavy atom. The van der Waals surface area contributed by atoms with Crippen LogP contribution in [0.3, 0.4) is 0 Å². The maximum atomic E-state index is 11.0. The van der Waals surface area contributed by atoms with Crippen LogP contribution in [0, 0.1) is 16.0 Å². The molecule has 1 unspecified atom stereocenters. The predicted octanol–water partition coefficient (Wildman–Crippen LogP) is 1.03. The summed E-state index contributed by atoms with van der Waals surface area (Å²) in [7, 11) is 2.09. The number of aromatic nitrogens is 1. The number of hydrogen-bond acceptors (Lipinski definition) is 7. The van der Waals surface area contributed by atoms with Gasteiger partial charge in [-0.25, -0.2) is 10.8 Å². The highest BCUT2D eigenvalue weighted by Crippen LogP contribution is 2.24. The van der Waals surface area contributed by atoms with Gasteiger partial charge in [-0.1, -0.05) is 0 Å². The number of nitrogens with two attached hydrogens (primary N) is 1. The Balaban J connectivity index is 2.05. The fraction of sp³-hybridized carbons (Fsp3) is 0.583. The van der Waals surface area contributed by atoms with Gasteiger partial charge >= 0.3 is 5.69 Å². The molecule has 0 aromatic carbocycles. The largest absolute Gasteiger partial charge is 0.364 e. The van der Waals surface area contributed by atoms with Gasteiger partial charge in [0.25, 0.3) is 0 Å². The Morgan fingerprint density at radius 3 is 3.05 bits per heavy atom. The van der Waals surface area contributed by atoms with Gasteiger partial charge in [-0.05, 0) is 38.4 Å². The molecule has 1 atom stereocenters. The van der Waals surface area contributed by atoms with E-state index in [2.05, 4.69) is 27.7 Å². The molecule has 0 aliphatic carbocycles. The second-order valence-electron chi connectivity index (χ2n) is 5.12. The highest BCUT2D eigenvalue weighted by molar-refractivity contribution is 5.59. The molecule has 0 spiro atoms. The van der Waals surface area contributed by atoms with Gasteiger partial charge < -0.3 is 15.6 Å². The average molecular weight is 280 g/mol. The zero-order valence-electron chi connectivity index (χ0n) is 11.5. The normalized spacial score (nSPS) is 19.6. The average Bonchev–Trinajstić information content (AvgIpc) is 2.44. The first kappa shape index (κ1) is 14.5. The molecule has 2 rings (SSSR count). The molecule has 0 radical (unpaired) electrons. The van der Waals surface area contributed by atoms with Gasteiger partial charge in [0.2, 0.25) is 5.82 Å². The maximum absolute atomic E-state index is 11.0. The minimum Gasteiger partial charge on any atom is -0.364 e. The summed E-state index contributed by atoms with van der Waals surface area (Å²) in [5.41, 5.74) is 2.36. The Bertz CT molecular complexity index is 481. The number of nitro groups is 1. The van der Waals surface area contributed by atoms with E-state index in [-0.39, 0.29) is 11.5 Å². The first-order valence-corrected chi connectivity index (χ1v) is 6.64. The van der Waals surface area contributed by atoms with Gasteiger partial charge in [-0.15, -0.1) is 0 Å². The van der Waals surface area contributed by atoms with Crippen molar-refractivity contribution in [3.8, 4) is 0 Å². The number of likely N-dealkylation sites (tertiary alicyclic amines) is 1. The van der Waals surface area contributed by atoms with Gasteiger partial charge in [0, 0.05) is 19.2 Å². The van der Waals surface area contributed by atoms with Crippen LogP contribution in [0.1, 0.15) is 12.8 Å². The molecule has 1 aromatic heterocycles. The van der Waals surface area contributed by atoms with Crippen molar-refractivity contribution in [2.24, 2.45) is 11.8 Å². The molecule has 4 N–H and O–H groups in total. The zero-order valence-corrected chi connectivity index (χ0v) is 11.5. The van der Waals surface area contributed by atoms with Crippen LogP contribution in [0.15, 0.2) is 12.1 Å². The molecular weight excluding hydrogens is 260 g/mol. The van der Waals surface area contributed by atoms with E-state index in [4.69, 9.17) is 5.84 Å². The summed E-state index contributed by atoms with van der Waals surface area (Å²) in [6.45, 7) is 2.78. The highest BCUT2D eigenvalue weighted by atomic mass is 16.6. The number of hydrogen-bond donors (Lipinski definition) is 3. The summed E-state index contributed by atoms with van der Waals surface area (Å²) in [6.07, 6.45) is 2.28. The van der Waals surface area contributed by atoms with Crippen molar-refractivity contribution in [1.29, 1.82) is 0 Å². The Morgan fingerprint density at radius 1 is 1.60 bits per heavy atom. The molecular formula is C12H20N6O2. The molecule has 8 heteroatoms. The number of piperidine rings is 1. The standard InChI is InChI=1S/C12H20N6O2/c1-17-6-2-3-9(8-17)7-14-12-10(18(19)20)4-5-11(15-12)16-13/h4-5,9H,2-3,6-8,13H2,1H3,(H2,14,15,16). The van der Waals surface area contributed by atoms with E-state index in [1.807, 2.05) is 0 Å². The molecule has 110 valence electrons. The topological polar surface area (TPSA) is 109 Å². The molecule has 8 nitrogen and oxygen atoms in total. The summed E-state index contributed by atoms with van der Waals surface area (Å²) < 4.78 is 0. The van der Waals surface area contributed by atoms with Crippen LogP contribution in [0.2, 0.25) is 0 Å². The first-order chi connectivity index (χ1) is 9.60. The highest BCUT2D eigenvalue weighted by Gasteiger charge is 2.20.